The Morgan fingerprint density at radius 2 is 1.51 bits per heavy atom. The summed E-state index contributed by atoms with van der Waals surface area (Å²) in [5, 5.41) is 2.58. The first-order valence-electron chi connectivity index (χ1n) is 12.2. The van der Waals surface area contributed by atoms with Crippen molar-refractivity contribution in [2.75, 3.05) is 21.0 Å². The lowest BCUT2D eigenvalue weighted by molar-refractivity contribution is -0.165. The Bertz CT molecular complexity index is 1230. The highest BCUT2D eigenvalue weighted by Crippen LogP contribution is 2.38. The zero-order valence-electron chi connectivity index (χ0n) is 22.5. The van der Waals surface area contributed by atoms with Crippen LogP contribution in [0.2, 0.25) is 0 Å². The van der Waals surface area contributed by atoms with E-state index in [4.69, 9.17) is 23.7 Å². The van der Waals surface area contributed by atoms with Crippen molar-refractivity contribution in [2.24, 2.45) is 0 Å². The number of pyridine rings is 1. The molecule has 39 heavy (non-hydrogen) atoms. The first-order valence-corrected chi connectivity index (χ1v) is 12.2. The number of nitrogens with zero attached hydrogens (tertiary/aromatic N) is 1. The largest absolute Gasteiger partial charge is 0.493 e. The van der Waals surface area contributed by atoms with Crippen molar-refractivity contribution in [1.82, 2.24) is 10.3 Å². The highest BCUT2D eigenvalue weighted by molar-refractivity contribution is 5.98. The zero-order chi connectivity index (χ0) is 28.4. The first kappa shape index (κ1) is 29.1. The summed E-state index contributed by atoms with van der Waals surface area (Å²) in [5.41, 5.74) is 0.333. The topological polar surface area (TPSA) is 122 Å². The standard InChI is InChI=1S/C29H32N2O8/c1-19(31-27(33)25-26(38-18-37-21(3)32)24(35-4)16-17-30-25)28(34)39-20(2)29(36-5,22-12-8-6-9-13-22)23-14-10-7-11-15-23/h6-17,19-20H,18H2,1-5H3,(H,31,33)/t19-,20-/m0/s1. The Morgan fingerprint density at radius 3 is 2.03 bits per heavy atom. The third-order valence-electron chi connectivity index (χ3n) is 6.06. The van der Waals surface area contributed by atoms with E-state index in [1.165, 1.54) is 33.2 Å². The second-order valence-electron chi connectivity index (χ2n) is 8.54. The van der Waals surface area contributed by atoms with E-state index in [0.29, 0.717) is 0 Å². The van der Waals surface area contributed by atoms with Crippen LogP contribution in [0.15, 0.2) is 72.9 Å². The number of benzene rings is 2. The minimum absolute atomic E-state index is 0.0424. The van der Waals surface area contributed by atoms with Crippen molar-refractivity contribution in [1.29, 1.82) is 0 Å². The summed E-state index contributed by atoms with van der Waals surface area (Å²) in [6.45, 7) is 4.00. The summed E-state index contributed by atoms with van der Waals surface area (Å²) in [4.78, 5) is 41.4. The van der Waals surface area contributed by atoms with Gasteiger partial charge in [-0.15, -0.1) is 0 Å². The summed E-state index contributed by atoms with van der Waals surface area (Å²) in [5.74, 6) is -1.81. The maximum absolute atomic E-state index is 13.2. The van der Waals surface area contributed by atoms with Crippen LogP contribution in [-0.2, 0) is 29.4 Å². The van der Waals surface area contributed by atoms with Crippen molar-refractivity contribution in [3.05, 3.63) is 89.7 Å². The molecule has 0 saturated heterocycles. The van der Waals surface area contributed by atoms with Gasteiger partial charge in [0.15, 0.2) is 22.8 Å². The number of aromatic nitrogens is 1. The molecule has 0 saturated carbocycles. The summed E-state index contributed by atoms with van der Waals surface area (Å²) in [7, 11) is 2.94. The Kier molecular flexibility index (Phi) is 9.99. The van der Waals surface area contributed by atoms with E-state index >= 15 is 0 Å². The average Bonchev–Trinajstić information content (AvgIpc) is 2.94. The van der Waals surface area contributed by atoms with Gasteiger partial charge in [0, 0.05) is 26.3 Å². The lowest BCUT2D eigenvalue weighted by atomic mass is 9.82. The molecule has 0 unspecified atom stereocenters. The van der Waals surface area contributed by atoms with Gasteiger partial charge in [0.25, 0.3) is 5.91 Å². The molecule has 0 fully saturated rings. The van der Waals surface area contributed by atoms with Crippen LogP contribution in [0.3, 0.4) is 0 Å². The quantitative estimate of drug-likeness (QED) is 0.273. The number of nitrogens with one attached hydrogen (secondary N) is 1. The van der Waals surface area contributed by atoms with Crippen LogP contribution in [0.4, 0.5) is 0 Å². The molecule has 0 aliphatic rings. The molecule has 0 radical (unpaired) electrons. The van der Waals surface area contributed by atoms with Crippen molar-refractivity contribution < 1.29 is 38.1 Å². The van der Waals surface area contributed by atoms with E-state index in [0.717, 1.165) is 11.1 Å². The van der Waals surface area contributed by atoms with Gasteiger partial charge in [-0.05, 0) is 25.0 Å². The van der Waals surface area contributed by atoms with Crippen LogP contribution in [0.25, 0.3) is 0 Å². The van der Waals surface area contributed by atoms with Crippen molar-refractivity contribution in [2.45, 2.75) is 38.5 Å². The molecule has 1 heterocycles. The monoisotopic (exact) mass is 536 g/mol. The molecule has 10 nitrogen and oxygen atoms in total. The van der Waals surface area contributed by atoms with Crippen LogP contribution >= 0.6 is 0 Å². The maximum atomic E-state index is 13.2. The highest BCUT2D eigenvalue weighted by Gasteiger charge is 2.43. The summed E-state index contributed by atoms with van der Waals surface area (Å²) >= 11 is 0. The normalized spacial score (nSPS) is 12.5. The molecule has 206 valence electrons. The molecule has 0 aliphatic carbocycles. The molecule has 2 aromatic carbocycles. The average molecular weight is 537 g/mol. The number of esters is 2. The fraction of sp³-hybridized carbons (Fsp3) is 0.310. The van der Waals surface area contributed by atoms with Crippen molar-refractivity contribution >= 4 is 17.8 Å². The van der Waals surface area contributed by atoms with Gasteiger partial charge in [-0.1, -0.05) is 60.7 Å². The van der Waals surface area contributed by atoms with E-state index in [-0.39, 0.29) is 17.2 Å². The van der Waals surface area contributed by atoms with E-state index < -0.39 is 42.4 Å². The van der Waals surface area contributed by atoms with Crippen LogP contribution < -0.4 is 14.8 Å². The minimum Gasteiger partial charge on any atom is -0.493 e. The molecule has 10 heteroatoms. The Morgan fingerprint density at radius 1 is 0.923 bits per heavy atom. The Hall–Kier alpha value is -4.44. The van der Waals surface area contributed by atoms with Gasteiger partial charge >= 0.3 is 11.9 Å². The minimum atomic E-state index is -1.10. The van der Waals surface area contributed by atoms with Gasteiger partial charge < -0.3 is 29.0 Å². The van der Waals surface area contributed by atoms with Crippen LogP contribution in [0.5, 0.6) is 11.5 Å². The number of hydrogen-bond acceptors (Lipinski definition) is 9. The Labute approximate surface area is 227 Å². The van der Waals surface area contributed by atoms with Crippen LogP contribution in [-0.4, -0.2) is 56.0 Å². The zero-order valence-corrected chi connectivity index (χ0v) is 22.5. The first-order chi connectivity index (χ1) is 18.7. The molecule has 2 atom stereocenters. The molecule has 0 bridgehead atoms. The molecular weight excluding hydrogens is 504 g/mol. The molecule has 3 rings (SSSR count). The van der Waals surface area contributed by atoms with Gasteiger partial charge in [0.2, 0.25) is 6.79 Å². The number of carbonyl (C=O) groups excluding carboxylic acids is 3. The highest BCUT2D eigenvalue weighted by atomic mass is 16.7. The number of amides is 1. The second-order valence-corrected chi connectivity index (χ2v) is 8.54. The number of carbonyl (C=O) groups is 3. The SMILES string of the molecule is COc1ccnc(C(=O)N[C@@H](C)C(=O)O[C@@H](C)C(OC)(c2ccccc2)c2ccccc2)c1OCOC(C)=O. The van der Waals surface area contributed by atoms with Crippen molar-refractivity contribution in [3.8, 4) is 11.5 Å². The van der Waals surface area contributed by atoms with E-state index in [2.05, 4.69) is 10.3 Å². The lowest BCUT2D eigenvalue weighted by Crippen LogP contribution is -2.47. The lowest BCUT2D eigenvalue weighted by Gasteiger charge is -2.38. The molecule has 0 spiro atoms. The van der Waals surface area contributed by atoms with Gasteiger partial charge in [-0.3, -0.25) is 9.59 Å². The molecule has 3 aromatic rings. The van der Waals surface area contributed by atoms with Gasteiger partial charge in [0.1, 0.15) is 12.1 Å². The van der Waals surface area contributed by atoms with E-state index in [1.807, 2.05) is 60.7 Å². The molecular formula is C29H32N2O8. The maximum Gasteiger partial charge on any atom is 0.328 e. The van der Waals surface area contributed by atoms with Gasteiger partial charge in [-0.25, -0.2) is 9.78 Å². The van der Waals surface area contributed by atoms with Crippen LogP contribution in [0.1, 0.15) is 42.4 Å². The predicted molar refractivity (Wildman–Crippen MR) is 141 cm³/mol. The molecule has 1 aromatic heterocycles. The third-order valence-corrected chi connectivity index (χ3v) is 6.06. The van der Waals surface area contributed by atoms with Gasteiger partial charge in [-0.2, -0.15) is 0 Å². The van der Waals surface area contributed by atoms with Crippen LogP contribution in [0, 0.1) is 0 Å². The summed E-state index contributed by atoms with van der Waals surface area (Å²) in [6, 6.07) is 19.3. The number of rotatable bonds is 12. The fourth-order valence-electron chi connectivity index (χ4n) is 4.16. The fourth-order valence-corrected chi connectivity index (χ4v) is 4.16. The molecule has 1 N–H and O–H groups in total. The summed E-state index contributed by atoms with van der Waals surface area (Å²) in [6.07, 6.45) is 0.571. The van der Waals surface area contributed by atoms with E-state index in [1.54, 1.807) is 14.0 Å². The van der Waals surface area contributed by atoms with Crippen molar-refractivity contribution in [3.63, 3.8) is 0 Å². The number of hydrogen-bond donors (Lipinski definition) is 1. The Balaban J connectivity index is 1.80. The molecule has 0 aliphatic heterocycles. The number of methoxy groups -OCH3 is 2. The van der Waals surface area contributed by atoms with Gasteiger partial charge in [0.05, 0.1) is 7.11 Å². The smallest absolute Gasteiger partial charge is 0.328 e. The summed E-state index contributed by atoms with van der Waals surface area (Å²) < 4.78 is 27.4. The molecule has 1 amide bonds. The van der Waals surface area contributed by atoms with E-state index in [9.17, 15) is 14.4 Å². The third kappa shape index (κ3) is 6.71. The number of ether oxygens (including phenoxy) is 5. The predicted octanol–water partition coefficient (Wildman–Crippen LogP) is 3.63. The second kappa shape index (κ2) is 13.4.